The summed E-state index contributed by atoms with van der Waals surface area (Å²) in [6, 6.07) is 6.48. The van der Waals surface area contributed by atoms with E-state index in [4.69, 9.17) is 24.4 Å². The molecule has 282 valence electrons. The first kappa shape index (κ1) is 40.0. The van der Waals surface area contributed by atoms with Crippen LogP contribution in [0.25, 0.3) is 22.0 Å². The average molecular weight is 842 g/mol. The van der Waals surface area contributed by atoms with Crippen molar-refractivity contribution < 1.29 is 19.0 Å². The second-order valence-electron chi connectivity index (χ2n) is 15.2. The van der Waals surface area contributed by atoms with Crippen molar-refractivity contribution in [1.29, 1.82) is 0 Å². The molecule has 1 aliphatic heterocycles. The molecule has 13 heteroatoms. The predicted octanol–water partition coefficient (Wildman–Crippen LogP) is 7.89. The lowest BCUT2D eigenvalue weighted by molar-refractivity contribution is -0.141. The number of fused-ring (bicyclic) bond motifs is 1. The number of ether oxygens (including phenoxy) is 3. The lowest BCUT2D eigenvalue weighted by atomic mass is 10.1. The molecule has 2 atom stereocenters. The van der Waals surface area contributed by atoms with Gasteiger partial charge in [-0.2, -0.15) is 15.3 Å². The number of aryl methyl sites for hydroxylation is 1. The first-order valence-electron chi connectivity index (χ1n) is 18.5. The monoisotopic (exact) mass is 841 g/mol. The van der Waals surface area contributed by atoms with Gasteiger partial charge in [-0.25, -0.2) is 9.36 Å². The number of aromatic nitrogens is 6. The molecule has 3 aromatic heterocycles. The van der Waals surface area contributed by atoms with E-state index >= 15 is 0 Å². The van der Waals surface area contributed by atoms with Crippen LogP contribution in [0.4, 0.5) is 0 Å². The molecule has 52 heavy (non-hydrogen) atoms. The third-order valence-corrected chi connectivity index (χ3v) is 18.3. The Hall–Kier alpha value is -3.19. The maximum atomic E-state index is 11.9. The number of carbonyl (C=O) groups is 1. The Morgan fingerprint density at radius 3 is 2.46 bits per heavy atom. The van der Waals surface area contributed by atoms with Gasteiger partial charge in [0.15, 0.2) is 6.23 Å². The van der Waals surface area contributed by atoms with Crippen molar-refractivity contribution in [3.05, 3.63) is 45.0 Å². The molecule has 0 amide bonds. The number of esters is 1. The number of halogens is 1. The van der Waals surface area contributed by atoms with Crippen LogP contribution in [0.1, 0.15) is 91.0 Å². The van der Waals surface area contributed by atoms with Crippen LogP contribution >= 0.6 is 22.6 Å². The van der Waals surface area contributed by atoms with E-state index in [1.54, 1.807) is 9.36 Å². The molecule has 1 aliphatic rings. The number of likely N-dealkylation sites (N-methyl/N-ethyl adjacent to an activating group) is 1. The van der Waals surface area contributed by atoms with E-state index in [0.717, 1.165) is 68.6 Å². The van der Waals surface area contributed by atoms with Crippen LogP contribution in [0.5, 0.6) is 5.88 Å². The highest BCUT2D eigenvalue weighted by Crippen LogP contribution is 2.41. The van der Waals surface area contributed by atoms with Gasteiger partial charge in [0.2, 0.25) is 5.88 Å². The third kappa shape index (κ3) is 8.30. The van der Waals surface area contributed by atoms with E-state index in [1.165, 1.54) is 7.11 Å². The fourth-order valence-corrected chi connectivity index (χ4v) is 13.7. The van der Waals surface area contributed by atoms with Gasteiger partial charge in [-0.15, -0.1) is 5.54 Å². The van der Waals surface area contributed by atoms with Crippen molar-refractivity contribution in [3.8, 4) is 28.5 Å². The van der Waals surface area contributed by atoms with Crippen molar-refractivity contribution in [2.24, 2.45) is 7.05 Å². The van der Waals surface area contributed by atoms with Crippen molar-refractivity contribution in [3.63, 3.8) is 0 Å². The van der Waals surface area contributed by atoms with Crippen molar-refractivity contribution in [2.75, 3.05) is 27.3 Å². The predicted molar refractivity (Wildman–Crippen MR) is 217 cm³/mol. The summed E-state index contributed by atoms with van der Waals surface area (Å²) in [4.78, 5) is 14.1. The molecular weight excluding hydrogens is 785 g/mol. The van der Waals surface area contributed by atoms with E-state index in [-0.39, 0.29) is 24.8 Å². The quantitative estimate of drug-likeness (QED) is 0.0581. The summed E-state index contributed by atoms with van der Waals surface area (Å²) in [7, 11) is 3.37. The Morgan fingerprint density at radius 2 is 1.83 bits per heavy atom. The van der Waals surface area contributed by atoms with Crippen LogP contribution in [0, 0.1) is 22.0 Å². The Balaban J connectivity index is 1.44. The molecule has 1 fully saturated rings. The molecule has 0 spiro atoms. The minimum absolute atomic E-state index is 0.0934. The summed E-state index contributed by atoms with van der Waals surface area (Å²) < 4.78 is 24.3. The number of hydrogen-bond acceptors (Lipinski definition) is 8. The third-order valence-electron chi connectivity index (χ3n) is 10.6. The number of nitrogens with zero attached hydrogens (tertiary/aromatic N) is 7. The molecule has 4 aromatic rings. The number of hydrogen-bond donors (Lipinski definition) is 0. The SMILES string of the molecule is COC(=O)Cn1nc(CN(C)C[C@H](C)Oc2c(-c3ccc4c(c3)c(C#C[Si](C(C)C)(C(C)C)C(C)C)nn4C3CCCCO3)cnn2C)c(I)c1C. The van der Waals surface area contributed by atoms with Gasteiger partial charge in [0.05, 0.1) is 33.7 Å². The van der Waals surface area contributed by atoms with Gasteiger partial charge >= 0.3 is 5.97 Å². The molecule has 11 nitrogen and oxygen atoms in total. The summed E-state index contributed by atoms with van der Waals surface area (Å²) in [6.07, 6.45) is 4.78. The molecule has 4 heterocycles. The van der Waals surface area contributed by atoms with Gasteiger partial charge in [0, 0.05) is 37.8 Å². The molecule has 0 saturated carbocycles. The fraction of sp³-hybridized carbons (Fsp3) is 0.590. The van der Waals surface area contributed by atoms with Gasteiger partial charge < -0.3 is 14.2 Å². The maximum absolute atomic E-state index is 11.9. The van der Waals surface area contributed by atoms with Gasteiger partial charge in [0.1, 0.15) is 26.4 Å². The molecular formula is C39H56IN7O4Si. The minimum atomic E-state index is -1.98. The summed E-state index contributed by atoms with van der Waals surface area (Å²) >= 11 is 2.30. The van der Waals surface area contributed by atoms with E-state index in [1.807, 2.05) is 27.2 Å². The standard InChI is InChI=1S/C39H56IN7O4Si/c1-25(2)52(26(3)4,27(5)6)19-17-33-31-20-30(15-16-35(31)47(43-33)36-14-12-13-18-50-36)32-21-41-45(10)39(32)51-28(7)22-44(9)23-34-38(40)29(8)46(42-34)24-37(48)49-11/h15-16,20-21,25-28,36H,12-14,18,22-24H2,1-11H3/t28-,36?/m0/s1. The largest absolute Gasteiger partial charge is 0.473 e. The van der Waals surface area contributed by atoms with Crippen LogP contribution in [-0.4, -0.2) is 81.7 Å². The zero-order valence-electron chi connectivity index (χ0n) is 32.8. The number of benzene rings is 1. The van der Waals surface area contributed by atoms with E-state index in [9.17, 15) is 4.79 Å². The first-order chi connectivity index (χ1) is 24.7. The van der Waals surface area contributed by atoms with Crippen molar-refractivity contribution in [2.45, 2.75) is 117 Å². The number of carbonyl (C=O) groups excluding carboxylic acids is 1. The molecule has 5 rings (SSSR count). The molecule has 0 radical (unpaired) electrons. The normalized spacial score (nSPS) is 15.9. The average Bonchev–Trinajstić information content (AvgIpc) is 3.73. The van der Waals surface area contributed by atoms with Gasteiger partial charge in [0.25, 0.3) is 0 Å². The van der Waals surface area contributed by atoms with Crippen LogP contribution in [0.15, 0.2) is 24.4 Å². The summed E-state index contributed by atoms with van der Waals surface area (Å²) in [6.45, 7) is 20.2. The highest BCUT2D eigenvalue weighted by molar-refractivity contribution is 14.1. The van der Waals surface area contributed by atoms with Crippen LogP contribution < -0.4 is 4.74 Å². The Kier molecular flexibility index (Phi) is 13.0. The second kappa shape index (κ2) is 16.9. The Morgan fingerprint density at radius 1 is 1.12 bits per heavy atom. The van der Waals surface area contributed by atoms with Crippen molar-refractivity contribution in [1.82, 2.24) is 34.2 Å². The number of methoxy groups -OCH3 is 1. The van der Waals surface area contributed by atoms with Crippen LogP contribution in [0.2, 0.25) is 16.6 Å². The second-order valence-corrected chi connectivity index (χ2v) is 21.8. The summed E-state index contributed by atoms with van der Waals surface area (Å²) in [5.41, 5.74) is 11.1. The number of rotatable bonds is 13. The van der Waals surface area contributed by atoms with Gasteiger partial charge in [-0.3, -0.25) is 14.4 Å². The lowest BCUT2D eigenvalue weighted by Crippen LogP contribution is -2.43. The molecule has 1 unspecified atom stereocenters. The van der Waals surface area contributed by atoms with E-state index in [0.29, 0.717) is 35.6 Å². The van der Waals surface area contributed by atoms with Crippen molar-refractivity contribution >= 4 is 47.5 Å². The highest BCUT2D eigenvalue weighted by Gasteiger charge is 2.42. The topological polar surface area (TPSA) is 101 Å². The van der Waals surface area contributed by atoms with E-state index < -0.39 is 8.07 Å². The molecule has 0 N–H and O–H groups in total. The first-order valence-corrected chi connectivity index (χ1v) is 21.8. The Bertz CT molecular complexity index is 1910. The van der Waals surface area contributed by atoms with Crippen LogP contribution in [-0.2, 0) is 34.4 Å². The molecule has 1 aromatic carbocycles. The van der Waals surface area contributed by atoms with E-state index in [2.05, 4.69) is 115 Å². The highest BCUT2D eigenvalue weighted by atomic mass is 127. The Labute approximate surface area is 323 Å². The maximum Gasteiger partial charge on any atom is 0.327 e. The van der Waals surface area contributed by atoms with Crippen LogP contribution in [0.3, 0.4) is 0 Å². The minimum Gasteiger partial charge on any atom is -0.473 e. The summed E-state index contributed by atoms with van der Waals surface area (Å²) in [5, 5.41) is 15.5. The molecule has 0 bridgehead atoms. The zero-order chi connectivity index (χ0) is 37.9. The smallest absolute Gasteiger partial charge is 0.327 e. The molecule has 0 aliphatic carbocycles. The fourth-order valence-electron chi connectivity index (χ4n) is 7.92. The zero-order valence-corrected chi connectivity index (χ0v) is 35.9. The summed E-state index contributed by atoms with van der Waals surface area (Å²) in [5.74, 6) is 4.04. The molecule has 1 saturated heterocycles. The van der Waals surface area contributed by atoms with Gasteiger partial charge in [-0.05, 0) is 97.1 Å². The lowest BCUT2D eigenvalue weighted by Gasteiger charge is -2.38. The van der Waals surface area contributed by atoms with Gasteiger partial charge in [-0.1, -0.05) is 53.5 Å².